The van der Waals surface area contributed by atoms with Gasteiger partial charge in [0.05, 0.1) is 24.8 Å². The third-order valence-electron chi connectivity index (χ3n) is 3.98. The lowest BCUT2D eigenvalue weighted by Gasteiger charge is -2.16. The van der Waals surface area contributed by atoms with Gasteiger partial charge in [0.25, 0.3) is 0 Å². The number of thioether (sulfide) groups is 1. The summed E-state index contributed by atoms with van der Waals surface area (Å²) in [6.07, 6.45) is -4.06. The summed E-state index contributed by atoms with van der Waals surface area (Å²) >= 11 is 1.61. The molecule has 1 atom stereocenters. The first-order chi connectivity index (χ1) is 13.3. The highest BCUT2D eigenvalue weighted by Gasteiger charge is 2.30. The summed E-state index contributed by atoms with van der Waals surface area (Å²) in [6.45, 7) is 4.79. The molecule has 0 saturated carbocycles. The van der Waals surface area contributed by atoms with Crippen LogP contribution in [0.3, 0.4) is 0 Å². The van der Waals surface area contributed by atoms with Crippen LogP contribution in [0.1, 0.15) is 24.5 Å². The first-order valence-corrected chi connectivity index (χ1v) is 9.85. The number of aryl methyl sites for hydroxylation is 1. The molecule has 0 heterocycles. The number of hydrogen-bond acceptors (Lipinski definition) is 4. The van der Waals surface area contributed by atoms with Crippen molar-refractivity contribution in [2.75, 3.05) is 19.0 Å². The van der Waals surface area contributed by atoms with E-state index in [0.717, 1.165) is 28.3 Å². The Morgan fingerprint density at radius 1 is 1.11 bits per heavy atom. The minimum Gasteiger partial charge on any atom is -0.494 e. The Morgan fingerprint density at radius 3 is 2.39 bits per heavy atom. The van der Waals surface area contributed by atoms with E-state index in [1.807, 2.05) is 32.0 Å². The fourth-order valence-corrected chi connectivity index (χ4v) is 3.56. The lowest BCUT2D eigenvalue weighted by Crippen LogP contribution is -2.14. The van der Waals surface area contributed by atoms with Crippen LogP contribution in [-0.4, -0.2) is 19.0 Å². The molecule has 7 heteroatoms. The predicted octanol–water partition coefficient (Wildman–Crippen LogP) is 6.11. The van der Waals surface area contributed by atoms with Crippen molar-refractivity contribution >= 4 is 11.8 Å². The van der Waals surface area contributed by atoms with Gasteiger partial charge in [-0.15, -0.1) is 11.8 Å². The Hall–Kier alpha value is -2.33. The number of alkyl halides is 3. The molecule has 3 nitrogen and oxygen atoms in total. The van der Waals surface area contributed by atoms with Crippen molar-refractivity contribution in [1.29, 1.82) is 5.26 Å². The monoisotopic (exact) mass is 409 g/mol. The zero-order valence-electron chi connectivity index (χ0n) is 15.8. The zero-order valence-corrected chi connectivity index (χ0v) is 16.6. The smallest absolute Gasteiger partial charge is 0.416 e. The van der Waals surface area contributed by atoms with E-state index in [1.165, 1.54) is 12.1 Å². The van der Waals surface area contributed by atoms with Crippen LogP contribution in [0.15, 0.2) is 47.4 Å². The number of ether oxygens (including phenoxy) is 2. The molecule has 2 aromatic rings. The molecule has 0 aromatic heterocycles. The van der Waals surface area contributed by atoms with Crippen molar-refractivity contribution in [1.82, 2.24) is 0 Å². The van der Waals surface area contributed by atoms with E-state index >= 15 is 0 Å². The van der Waals surface area contributed by atoms with E-state index in [2.05, 4.69) is 6.07 Å². The molecule has 0 bridgehead atoms. The van der Waals surface area contributed by atoms with E-state index < -0.39 is 11.7 Å². The third-order valence-corrected chi connectivity index (χ3v) is 5.20. The van der Waals surface area contributed by atoms with Crippen LogP contribution in [0.25, 0.3) is 0 Å². The molecule has 0 saturated heterocycles. The molecule has 2 aromatic carbocycles. The van der Waals surface area contributed by atoms with Gasteiger partial charge in [0, 0.05) is 23.0 Å². The summed E-state index contributed by atoms with van der Waals surface area (Å²) in [5, 5.41) is 9.04. The molecular formula is C21H22F3NO2S. The van der Waals surface area contributed by atoms with Gasteiger partial charge in [-0.1, -0.05) is 0 Å². The van der Waals surface area contributed by atoms with Crippen LogP contribution in [0.2, 0.25) is 0 Å². The SMILES string of the molecule is CCOc1ccc(SCC(CC#N)COc2ccc(C(F)(F)F)cc2)cc1C. The number of hydrogen-bond donors (Lipinski definition) is 0. The standard InChI is InChI=1S/C21H22F3NO2S/c1-3-26-20-9-8-19(12-15(20)2)28-14-16(10-11-25)13-27-18-6-4-17(5-7-18)21(22,23)24/h4-9,12,16H,3,10,13-14H2,1-2H3. The molecule has 28 heavy (non-hydrogen) atoms. The van der Waals surface area contributed by atoms with Crippen LogP contribution in [0.5, 0.6) is 11.5 Å². The van der Waals surface area contributed by atoms with Gasteiger partial charge < -0.3 is 9.47 Å². The molecule has 0 spiro atoms. The molecule has 0 radical (unpaired) electrons. The first-order valence-electron chi connectivity index (χ1n) is 8.86. The largest absolute Gasteiger partial charge is 0.494 e. The minimum atomic E-state index is -4.37. The third kappa shape index (κ3) is 6.68. The second-order valence-electron chi connectivity index (χ2n) is 6.23. The van der Waals surface area contributed by atoms with Gasteiger partial charge in [0.2, 0.25) is 0 Å². The molecule has 150 valence electrons. The van der Waals surface area contributed by atoms with Gasteiger partial charge in [-0.05, 0) is 61.9 Å². The number of benzene rings is 2. The topological polar surface area (TPSA) is 42.2 Å². The van der Waals surface area contributed by atoms with Crippen LogP contribution in [0.4, 0.5) is 13.2 Å². The van der Waals surface area contributed by atoms with Crippen LogP contribution in [-0.2, 0) is 6.18 Å². The second kappa shape index (κ2) is 10.3. The summed E-state index contributed by atoms with van der Waals surface area (Å²) < 4.78 is 48.9. The molecule has 1 unspecified atom stereocenters. The van der Waals surface area contributed by atoms with E-state index in [4.69, 9.17) is 14.7 Å². The average molecular weight is 409 g/mol. The molecule has 0 aliphatic heterocycles. The lowest BCUT2D eigenvalue weighted by atomic mass is 10.1. The molecule has 0 amide bonds. The van der Waals surface area contributed by atoms with Crippen LogP contribution in [0, 0.1) is 24.2 Å². The summed E-state index contributed by atoms with van der Waals surface area (Å²) in [5.74, 6) is 1.84. The normalized spacial score (nSPS) is 12.3. The predicted molar refractivity (Wildman–Crippen MR) is 104 cm³/mol. The summed E-state index contributed by atoms with van der Waals surface area (Å²) in [5.41, 5.74) is 0.333. The van der Waals surface area contributed by atoms with Crippen molar-refractivity contribution in [3.8, 4) is 17.6 Å². The summed E-state index contributed by atoms with van der Waals surface area (Å²) in [6, 6.07) is 12.7. The van der Waals surface area contributed by atoms with Gasteiger partial charge in [-0.2, -0.15) is 18.4 Å². The van der Waals surface area contributed by atoms with Crippen LogP contribution >= 0.6 is 11.8 Å². The average Bonchev–Trinajstić information content (AvgIpc) is 2.66. The molecule has 0 aliphatic rings. The van der Waals surface area contributed by atoms with Gasteiger partial charge >= 0.3 is 6.18 Å². The molecule has 2 rings (SSSR count). The van der Waals surface area contributed by atoms with Crippen molar-refractivity contribution in [3.05, 3.63) is 53.6 Å². The maximum absolute atomic E-state index is 12.6. The van der Waals surface area contributed by atoms with Crippen LogP contribution < -0.4 is 9.47 Å². The number of rotatable bonds is 9. The Morgan fingerprint density at radius 2 is 1.82 bits per heavy atom. The highest BCUT2D eigenvalue weighted by atomic mass is 32.2. The summed E-state index contributed by atoms with van der Waals surface area (Å²) in [4.78, 5) is 1.07. The Labute approximate surface area is 167 Å². The summed E-state index contributed by atoms with van der Waals surface area (Å²) in [7, 11) is 0. The Balaban J connectivity index is 1.91. The maximum Gasteiger partial charge on any atom is 0.416 e. The van der Waals surface area contributed by atoms with Crippen molar-refractivity contribution in [2.45, 2.75) is 31.3 Å². The molecule has 0 N–H and O–H groups in total. The number of nitriles is 1. The highest BCUT2D eigenvalue weighted by molar-refractivity contribution is 7.99. The second-order valence-corrected chi connectivity index (χ2v) is 7.33. The van der Waals surface area contributed by atoms with E-state index in [9.17, 15) is 13.2 Å². The molecule has 0 aliphatic carbocycles. The molecular weight excluding hydrogens is 387 g/mol. The van der Waals surface area contributed by atoms with E-state index in [1.54, 1.807) is 11.8 Å². The fraction of sp³-hybridized carbons (Fsp3) is 0.381. The Kier molecular flexibility index (Phi) is 8.06. The first kappa shape index (κ1) is 22.0. The van der Waals surface area contributed by atoms with E-state index in [-0.39, 0.29) is 12.5 Å². The number of halogens is 3. The highest BCUT2D eigenvalue weighted by Crippen LogP contribution is 2.31. The fourth-order valence-electron chi connectivity index (χ4n) is 2.49. The van der Waals surface area contributed by atoms with Gasteiger partial charge in [0.15, 0.2) is 0 Å². The van der Waals surface area contributed by atoms with Crippen molar-refractivity contribution in [2.24, 2.45) is 5.92 Å². The lowest BCUT2D eigenvalue weighted by molar-refractivity contribution is -0.137. The quantitative estimate of drug-likeness (QED) is 0.468. The Bertz CT molecular complexity index is 801. The zero-order chi connectivity index (χ0) is 20.6. The minimum absolute atomic E-state index is 0.0378. The maximum atomic E-state index is 12.6. The number of nitrogens with zero attached hydrogens (tertiary/aromatic N) is 1. The molecule has 0 fully saturated rings. The van der Waals surface area contributed by atoms with Crippen molar-refractivity contribution < 1.29 is 22.6 Å². The van der Waals surface area contributed by atoms with E-state index in [0.29, 0.717) is 24.5 Å². The van der Waals surface area contributed by atoms with Gasteiger partial charge in [-0.3, -0.25) is 0 Å². The van der Waals surface area contributed by atoms with Gasteiger partial charge in [0.1, 0.15) is 11.5 Å². The van der Waals surface area contributed by atoms with Gasteiger partial charge in [-0.25, -0.2) is 0 Å². The van der Waals surface area contributed by atoms with Crippen molar-refractivity contribution in [3.63, 3.8) is 0 Å².